The van der Waals surface area contributed by atoms with E-state index in [1.54, 1.807) is 11.3 Å². The van der Waals surface area contributed by atoms with Crippen molar-refractivity contribution in [3.05, 3.63) is 23.3 Å². The molecule has 1 amide bonds. The van der Waals surface area contributed by atoms with E-state index < -0.39 is 0 Å². The van der Waals surface area contributed by atoms with Gasteiger partial charge in [0, 0.05) is 49.2 Å². The monoisotopic (exact) mass is 370 g/mol. The van der Waals surface area contributed by atoms with Gasteiger partial charge in [0.2, 0.25) is 0 Å². The van der Waals surface area contributed by atoms with Gasteiger partial charge >= 0.3 is 0 Å². The number of piperidine rings is 2. The van der Waals surface area contributed by atoms with Crippen molar-refractivity contribution in [1.82, 2.24) is 15.2 Å². The van der Waals surface area contributed by atoms with Crippen LogP contribution in [0.15, 0.2) is 17.6 Å². The zero-order valence-corrected chi connectivity index (χ0v) is 15.9. The largest absolute Gasteiger partial charge is 0.370 e. The van der Waals surface area contributed by atoms with Crippen molar-refractivity contribution in [1.29, 1.82) is 0 Å². The molecule has 0 aliphatic carbocycles. The Bertz CT molecular complexity index is 801. The molecule has 1 N–H and O–H groups in total. The smallest absolute Gasteiger partial charge is 0.270 e. The number of thiophene rings is 1. The van der Waals surface area contributed by atoms with E-state index >= 15 is 0 Å². The first-order valence-corrected chi connectivity index (χ1v) is 10.8. The maximum atomic E-state index is 12.8. The summed E-state index contributed by atoms with van der Waals surface area (Å²) in [5.74, 6) is 0.738. The third kappa shape index (κ3) is 3.09. The number of hydrogen-bond acceptors (Lipinski definition) is 5. The molecule has 2 aromatic rings. The van der Waals surface area contributed by atoms with Gasteiger partial charge in [-0.15, -0.1) is 11.3 Å². The third-order valence-electron chi connectivity index (χ3n) is 6.17. The van der Waals surface area contributed by atoms with Crippen LogP contribution in [0, 0.1) is 5.92 Å². The van der Waals surface area contributed by atoms with E-state index in [-0.39, 0.29) is 11.9 Å². The van der Waals surface area contributed by atoms with E-state index in [2.05, 4.69) is 25.5 Å². The summed E-state index contributed by atoms with van der Waals surface area (Å²) in [6.45, 7) is 5.63. The number of carbonyl (C=O) groups excluding carboxylic acids is 1. The number of aromatic nitrogens is 1. The zero-order chi connectivity index (χ0) is 17.5. The average molecular weight is 371 g/mol. The van der Waals surface area contributed by atoms with Crippen molar-refractivity contribution < 1.29 is 4.79 Å². The molecule has 3 saturated heterocycles. The van der Waals surface area contributed by atoms with Crippen molar-refractivity contribution >= 4 is 33.0 Å². The number of pyridine rings is 1. The second-order valence-corrected chi connectivity index (χ2v) is 8.97. The van der Waals surface area contributed by atoms with E-state index in [1.807, 2.05) is 12.3 Å². The quantitative estimate of drug-likeness (QED) is 0.902. The van der Waals surface area contributed by atoms with Gasteiger partial charge in [-0.3, -0.25) is 4.79 Å². The Hall–Kier alpha value is -1.66. The highest BCUT2D eigenvalue weighted by Gasteiger charge is 2.33. The lowest BCUT2D eigenvalue weighted by Crippen LogP contribution is -2.47. The second-order valence-electron chi connectivity index (χ2n) is 8.05. The highest BCUT2D eigenvalue weighted by atomic mass is 32.1. The molecular formula is C20H26N4OS. The number of carbonyl (C=O) groups is 1. The molecule has 3 atom stereocenters. The van der Waals surface area contributed by atoms with Crippen LogP contribution in [0.5, 0.6) is 0 Å². The Balaban J connectivity index is 1.35. The minimum absolute atomic E-state index is 0.0183. The summed E-state index contributed by atoms with van der Waals surface area (Å²) < 4.78 is 1.17. The van der Waals surface area contributed by atoms with Gasteiger partial charge in [0.15, 0.2) is 0 Å². The van der Waals surface area contributed by atoms with Crippen molar-refractivity contribution in [3.8, 4) is 0 Å². The SMILES string of the molecule is O=C(N[C@@H]1C[C@@H]2CCN(C2)C1)c1cc2c(N3CCCCC3)csc2cn1. The molecule has 2 bridgehead atoms. The lowest BCUT2D eigenvalue weighted by molar-refractivity contribution is 0.0904. The predicted octanol–water partition coefficient (Wildman–Crippen LogP) is 3.11. The van der Waals surface area contributed by atoms with Crippen LogP contribution in [0.25, 0.3) is 10.1 Å². The van der Waals surface area contributed by atoms with Crippen LogP contribution in [0.3, 0.4) is 0 Å². The Morgan fingerprint density at radius 1 is 1.19 bits per heavy atom. The first-order chi connectivity index (χ1) is 12.8. The molecule has 0 radical (unpaired) electrons. The first-order valence-electron chi connectivity index (χ1n) is 9.92. The summed E-state index contributed by atoms with van der Waals surface area (Å²) in [4.78, 5) is 22.2. The van der Waals surface area contributed by atoms with Crippen molar-refractivity contribution in [2.45, 2.75) is 38.1 Å². The van der Waals surface area contributed by atoms with Crippen LogP contribution < -0.4 is 10.2 Å². The first kappa shape index (κ1) is 16.5. The van der Waals surface area contributed by atoms with E-state index in [0.29, 0.717) is 5.69 Å². The van der Waals surface area contributed by atoms with Gasteiger partial charge in [-0.2, -0.15) is 0 Å². The van der Waals surface area contributed by atoms with Crippen molar-refractivity contribution in [2.75, 3.05) is 37.6 Å². The molecule has 3 fully saturated rings. The molecule has 3 aliphatic rings. The van der Waals surface area contributed by atoms with E-state index in [9.17, 15) is 4.79 Å². The topological polar surface area (TPSA) is 48.5 Å². The van der Waals surface area contributed by atoms with Crippen LogP contribution in [-0.2, 0) is 0 Å². The van der Waals surface area contributed by atoms with Gasteiger partial charge in [-0.1, -0.05) is 0 Å². The number of hydrogen-bond donors (Lipinski definition) is 1. The van der Waals surface area contributed by atoms with Gasteiger partial charge in [0.1, 0.15) is 5.69 Å². The summed E-state index contributed by atoms with van der Waals surface area (Å²) in [6, 6.07) is 2.27. The van der Waals surface area contributed by atoms with Gasteiger partial charge in [0.25, 0.3) is 5.91 Å². The Morgan fingerprint density at radius 3 is 2.92 bits per heavy atom. The van der Waals surface area contributed by atoms with Crippen LogP contribution in [0.4, 0.5) is 5.69 Å². The molecule has 0 aromatic carbocycles. The number of anilines is 1. The summed E-state index contributed by atoms with van der Waals surface area (Å²) >= 11 is 1.73. The molecule has 2 aromatic heterocycles. The minimum Gasteiger partial charge on any atom is -0.370 e. The number of fused-ring (bicyclic) bond motifs is 3. The summed E-state index contributed by atoms with van der Waals surface area (Å²) in [5.41, 5.74) is 1.84. The molecular weight excluding hydrogens is 344 g/mol. The fraction of sp³-hybridized carbons (Fsp3) is 0.600. The van der Waals surface area contributed by atoms with Crippen molar-refractivity contribution in [3.63, 3.8) is 0 Å². The summed E-state index contributed by atoms with van der Waals surface area (Å²) in [5, 5.41) is 6.65. The average Bonchev–Trinajstić information content (AvgIpc) is 3.24. The molecule has 3 aliphatic heterocycles. The van der Waals surface area contributed by atoms with Gasteiger partial charge in [-0.05, 0) is 50.6 Å². The molecule has 0 spiro atoms. The minimum atomic E-state index is -0.0183. The fourth-order valence-corrected chi connectivity index (χ4v) is 5.77. The maximum absolute atomic E-state index is 12.8. The third-order valence-corrected chi connectivity index (χ3v) is 7.09. The summed E-state index contributed by atoms with van der Waals surface area (Å²) in [7, 11) is 0. The van der Waals surface area contributed by atoms with Gasteiger partial charge in [0.05, 0.1) is 10.4 Å². The van der Waals surface area contributed by atoms with E-state index in [1.165, 1.54) is 54.5 Å². The number of amides is 1. The van der Waals surface area contributed by atoms with Gasteiger partial charge in [-0.25, -0.2) is 4.98 Å². The standard InChI is InChI=1S/C20H26N4OS/c25-20(22-15-8-14-4-7-23(11-14)12-15)17-9-16-18(13-26-19(16)10-21-17)24-5-2-1-3-6-24/h9-10,13-15H,1-8,11-12H2,(H,22,25)/t14-,15+/m0/s1. The molecule has 5 heterocycles. The number of nitrogens with one attached hydrogen (secondary N) is 1. The Labute approximate surface area is 158 Å². The molecule has 1 unspecified atom stereocenters. The van der Waals surface area contributed by atoms with Gasteiger partial charge < -0.3 is 15.1 Å². The van der Waals surface area contributed by atoms with Crippen LogP contribution in [-0.4, -0.2) is 54.6 Å². The highest BCUT2D eigenvalue weighted by molar-refractivity contribution is 7.17. The Morgan fingerprint density at radius 2 is 2.08 bits per heavy atom. The van der Waals surface area contributed by atoms with E-state index in [4.69, 9.17) is 0 Å². The van der Waals surface area contributed by atoms with E-state index in [0.717, 1.165) is 32.0 Å². The number of rotatable bonds is 3. The zero-order valence-electron chi connectivity index (χ0n) is 15.1. The molecule has 5 rings (SSSR count). The Kier molecular flexibility index (Phi) is 4.33. The molecule has 6 heteroatoms. The lowest BCUT2D eigenvalue weighted by Gasteiger charge is -2.30. The van der Waals surface area contributed by atoms with Crippen LogP contribution in [0.1, 0.15) is 42.6 Å². The maximum Gasteiger partial charge on any atom is 0.270 e. The predicted molar refractivity (Wildman–Crippen MR) is 106 cm³/mol. The molecule has 138 valence electrons. The highest BCUT2D eigenvalue weighted by Crippen LogP contribution is 2.34. The normalized spacial score (nSPS) is 28.5. The van der Waals surface area contributed by atoms with Crippen LogP contribution >= 0.6 is 11.3 Å². The fourth-order valence-electron chi connectivity index (χ4n) is 4.85. The number of nitrogens with zero attached hydrogens (tertiary/aromatic N) is 3. The summed E-state index contributed by atoms with van der Waals surface area (Å²) in [6.07, 6.45) is 8.11. The van der Waals surface area contributed by atoms with Crippen molar-refractivity contribution in [2.24, 2.45) is 5.92 Å². The molecule has 0 saturated carbocycles. The lowest BCUT2D eigenvalue weighted by atomic mass is 9.97. The second kappa shape index (κ2) is 6.82. The van der Waals surface area contributed by atoms with Crippen LogP contribution in [0.2, 0.25) is 0 Å². The molecule has 5 nitrogen and oxygen atoms in total. The molecule has 26 heavy (non-hydrogen) atoms.